The molecule has 2 atom stereocenters. The van der Waals surface area contributed by atoms with Gasteiger partial charge in [0.1, 0.15) is 12.4 Å². The number of likely N-dealkylation sites (tertiary alicyclic amines) is 2. The van der Waals surface area contributed by atoms with Gasteiger partial charge in [-0.2, -0.15) is 0 Å². The van der Waals surface area contributed by atoms with Gasteiger partial charge in [-0.15, -0.1) is 0 Å². The molecule has 0 spiro atoms. The van der Waals surface area contributed by atoms with E-state index in [-0.39, 0.29) is 35.8 Å². The Bertz CT molecular complexity index is 904. The number of H-pyrrole nitrogens is 1. The molecule has 0 aromatic carbocycles. The summed E-state index contributed by atoms with van der Waals surface area (Å²) in [5.74, 6) is 1.52. The molecule has 0 unspecified atom stereocenters. The normalized spacial score (nSPS) is 24.2. The van der Waals surface area contributed by atoms with Gasteiger partial charge in [0, 0.05) is 57.6 Å². The lowest BCUT2D eigenvalue weighted by Gasteiger charge is -2.34. The van der Waals surface area contributed by atoms with Crippen LogP contribution in [0.3, 0.4) is 0 Å². The third kappa shape index (κ3) is 5.46. The van der Waals surface area contributed by atoms with E-state index in [9.17, 15) is 14.4 Å². The summed E-state index contributed by atoms with van der Waals surface area (Å²) < 4.78 is 4.95. The van der Waals surface area contributed by atoms with E-state index in [1.165, 1.54) is 7.11 Å². The number of nitrogens with zero attached hydrogens (tertiary/aromatic N) is 3. The Morgan fingerprint density at radius 3 is 2.62 bits per heavy atom. The predicted molar refractivity (Wildman–Crippen MR) is 120 cm³/mol. The molecular weight excluding hydrogens is 408 g/mol. The van der Waals surface area contributed by atoms with E-state index in [0.29, 0.717) is 37.8 Å². The van der Waals surface area contributed by atoms with Crippen LogP contribution < -0.4 is 5.56 Å². The fourth-order valence-electron chi connectivity index (χ4n) is 5.18. The average Bonchev–Trinajstić information content (AvgIpc) is 3.32. The molecule has 0 radical (unpaired) electrons. The molecule has 1 aliphatic carbocycles. The van der Waals surface area contributed by atoms with Crippen LogP contribution >= 0.6 is 0 Å². The van der Waals surface area contributed by atoms with E-state index < -0.39 is 0 Å². The predicted octanol–water partition coefficient (Wildman–Crippen LogP) is 2.18. The molecule has 174 valence electrons. The minimum Gasteiger partial charge on any atom is -0.375 e. The molecule has 8 heteroatoms. The number of piperidine rings is 2. The summed E-state index contributed by atoms with van der Waals surface area (Å²) >= 11 is 0. The van der Waals surface area contributed by atoms with Crippen LogP contribution in [0, 0.1) is 5.92 Å². The summed E-state index contributed by atoms with van der Waals surface area (Å²) in [6.07, 6.45) is 10.5. The highest BCUT2D eigenvalue weighted by atomic mass is 16.5. The Labute approximate surface area is 189 Å². The summed E-state index contributed by atoms with van der Waals surface area (Å²) in [7, 11) is 1.52. The fourth-order valence-corrected chi connectivity index (χ4v) is 5.18. The van der Waals surface area contributed by atoms with Gasteiger partial charge in [0.25, 0.3) is 5.56 Å². The molecule has 32 heavy (non-hydrogen) atoms. The van der Waals surface area contributed by atoms with Crippen LogP contribution in [0.15, 0.2) is 23.0 Å². The number of hydrogen-bond donors (Lipinski definition) is 1. The van der Waals surface area contributed by atoms with Crippen molar-refractivity contribution in [2.45, 2.75) is 56.8 Å². The third-order valence-electron chi connectivity index (χ3n) is 7.02. The van der Waals surface area contributed by atoms with Crippen molar-refractivity contribution in [1.29, 1.82) is 0 Å². The molecule has 8 nitrogen and oxygen atoms in total. The Kier molecular flexibility index (Phi) is 7.40. The molecule has 2 aliphatic heterocycles. The average molecular weight is 443 g/mol. The van der Waals surface area contributed by atoms with Crippen LogP contribution in [-0.4, -0.2) is 71.5 Å². The second-order valence-corrected chi connectivity index (χ2v) is 9.29. The summed E-state index contributed by atoms with van der Waals surface area (Å²) in [6.45, 7) is 2.80. The van der Waals surface area contributed by atoms with Crippen LogP contribution in [-0.2, 0) is 14.3 Å². The van der Waals surface area contributed by atoms with E-state index in [1.54, 1.807) is 6.07 Å². The van der Waals surface area contributed by atoms with Crippen molar-refractivity contribution in [3.8, 4) is 0 Å². The monoisotopic (exact) mass is 442 g/mol. The van der Waals surface area contributed by atoms with Crippen molar-refractivity contribution in [3.63, 3.8) is 0 Å². The van der Waals surface area contributed by atoms with Crippen LogP contribution in [0.25, 0.3) is 0 Å². The first kappa shape index (κ1) is 22.7. The van der Waals surface area contributed by atoms with Crippen molar-refractivity contribution >= 4 is 11.8 Å². The van der Waals surface area contributed by atoms with E-state index in [0.717, 1.165) is 50.8 Å². The van der Waals surface area contributed by atoms with Crippen LogP contribution in [0.4, 0.5) is 0 Å². The molecule has 0 saturated carbocycles. The van der Waals surface area contributed by atoms with Crippen molar-refractivity contribution < 1.29 is 14.3 Å². The maximum absolute atomic E-state index is 12.8. The van der Waals surface area contributed by atoms with Gasteiger partial charge in [-0.05, 0) is 44.4 Å². The lowest BCUT2D eigenvalue weighted by Crippen LogP contribution is -2.41. The van der Waals surface area contributed by atoms with Crippen molar-refractivity contribution in [2.75, 3.05) is 39.9 Å². The van der Waals surface area contributed by atoms with Crippen molar-refractivity contribution in [2.24, 2.45) is 5.92 Å². The van der Waals surface area contributed by atoms with Gasteiger partial charge in [0.15, 0.2) is 0 Å². The van der Waals surface area contributed by atoms with Gasteiger partial charge in [-0.25, -0.2) is 4.98 Å². The SMILES string of the molecule is COCC(=O)N1CCC(c2nc([C@@H]3CCCN(C(=O)C[C@@H]4C=CCC4)C3)cc(=O)[nH]2)CC1. The lowest BCUT2D eigenvalue weighted by atomic mass is 9.92. The number of ether oxygens (including phenoxy) is 1. The molecule has 4 rings (SSSR count). The molecule has 1 aromatic heterocycles. The maximum Gasteiger partial charge on any atom is 0.251 e. The Morgan fingerprint density at radius 1 is 1.09 bits per heavy atom. The number of allylic oxidation sites excluding steroid dienone is 2. The number of amides is 2. The largest absolute Gasteiger partial charge is 0.375 e. The van der Waals surface area contributed by atoms with E-state index >= 15 is 0 Å². The van der Waals surface area contributed by atoms with E-state index in [1.807, 2.05) is 9.80 Å². The van der Waals surface area contributed by atoms with Gasteiger partial charge >= 0.3 is 0 Å². The molecule has 3 aliphatic rings. The van der Waals surface area contributed by atoms with Gasteiger partial charge < -0.3 is 19.5 Å². The zero-order valence-corrected chi connectivity index (χ0v) is 18.9. The Hall–Kier alpha value is -2.48. The summed E-state index contributed by atoms with van der Waals surface area (Å²) in [4.78, 5) is 48.8. The minimum atomic E-state index is -0.137. The number of aromatic amines is 1. The smallest absolute Gasteiger partial charge is 0.251 e. The number of carbonyl (C=O) groups is 2. The topological polar surface area (TPSA) is 95.6 Å². The fraction of sp³-hybridized carbons (Fsp3) is 0.667. The standard InChI is InChI=1S/C24H34N4O4/c1-32-16-23(31)27-11-8-18(9-12-27)24-25-20(14-21(29)26-24)19-7-4-10-28(15-19)22(30)13-17-5-2-3-6-17/h2,5,14,17-19H,3-4,6-13,15-16H2,1H3,(H,25,26,29)/t17-,19-/m1/s1. The first-order valence-electron chi connectivity index (χ1n) is 11.9. The number of carbonyl (C=O) groups excluding carboxylic acids is 2. The van der Waals surface area contributed by atoms with Crippen molar-refractivity contribution in [1.82, 2.24) is 19.8 Å². The van der Waals surface area contributed by atoms with Crippen LogP contribution in [0.5, 0.6) is 0 Å². The van der Waals surface area contributed by atoms with Crippen molar-refractivity contribution in [3.05, 3.63) is 40.1 Å². The molecular formula is C24H34N4O4. The highest BCUT2D eigenvalue weighted by Gasteiger charge is 2.29. The first-order chi connectivity index (χ1) is 15.5. The molecule has 3 heterocycles. The van der Waals surface area contributed by atoms with Gasteiger partial charge in [0.05, 0.1) is 5.69 Å². The molecule has 2 saturated heterocycles. The number of methoxy groups -OCH3 is 1. The number of nitrogens with one attached hydrogen (secondary N) is 1. The summed E-state index contributed by atoms with van der Waals surface area (Å²) in [6, 6.07) is 1.60. The minimum absolute atomic E-state index is 0.00112. The second-order valence-electron chi connectivity index (χ2n) is 9.29. The number of hydrogen-bond acceptors (Lipinski definition) is 5. The molecule has 0 bridgehead atoms. The van der Waals surface area contributed by atoms with E-state index in [2.05, 4.69) is 17.1 Å². The van der Waals surface area contributed by atoms with Gasteiger partial charge in [0.2, 0.25) is 11.8 Å². The van der Waals surface area contributed by atoms with Gasteiger partial charge in [-0.1, -0.05) is 12.2 Å². The Balaban J connectivity index is 1.40. The van der Waals surface area contributed by atoms with Crippen LogP contribution in [0.2, 0.25) is 0 Å². The van der Waals surface area contributed by atoms with Gasteiger partial charge in [-0.3, -0.25) is 14.4 Å². The molecule has 2 fully saturated rings. The summed E-state index contributed by atoms with van der Waals surface area (Å²) in [5, 5.41) is 0. The highest BCUT2D eigenvalue weighted by molar-refractivity contribution is 5.77. The lowest BCUT2D eigenvalue weighted by molar-refractivity contribution is -0.136. The number of rotatable bonds is 6. The first-order valence-corrected chi connectivity index (χ1v) is 11.9. The quantitative estimate of drug-likeness (QED) is 0.682. The van der Waals surface area contributed by atoms with Crippen LogP contribution in [0.1, 0.15) is 68.3 Å². The maximum atomic E-state index is 12.8. The molecule has 1 N–H and O–H groups in total. The zero-order valence-electron chi connectivity index (χ0n) is 18.9. The Morgan fingerprint density at radius 2 is 1.91 bits per heavy atom. The zero-order chi connectivity index (χ0) is 22.5. The highest BCUT2D eigenvalue weighted by Crippen LogP contribution is 2.30. The second kappa shape index (κ2) is 10.4. The molecule has 2 amide bonds. The third-order valence-corrected chi connectivity index (χ3v) is 7.02. The number of aromatic nitrogens is 2. The molecule has 1 aromatic rings. The summed E-state index contributed by atoms with van der Waals surface area (Å²) in [5.41, 5.74) is 0.655. The van der Waals surface area contributed by atoms with E-state index in [4.69, 9.17) is 9.72 Å².